The topological polar surface area (TPSA) is 13.1 Å². The highest BCUT2D eigenvalue weighted by Gasteiger charge is 2.21. The maximum Gasteiger partial charge on any atom is 0.136 e. The Labute approximate surface area is 280 Å². The maximum absolute atomic E-state index is 6.35. The summed E-state index contributed by atoms with van der Waals surface area (Å²) in [7, 11) is 0. The van der Waals surface area contributed by atoms with Crippen molar-refractivity contribution in [1.29, 1.82) is 0 Å². The van der Waals surface area contributed by atoms with Crippen molar-refractivity contribution in [2.45, 2.75) is 0 Å². The Kier molecular flexibility index (Phi) is 5.32. The van der Waals surface area contributed by atoms with Crippen molar-refractivity contribution in [3.63, 3.8) is 0 Å². The molecule has 0 saturated carbocycles. The fourth-order valence-corrected chi connectivity index (χ4v) is 9.45. The first-order valence-corrected chi connectivity index (χ1v) is 17.2. The van der Waals surface area contributed by atoms with E-state index in [1.807, 2.05) is 11.3 Å². The van der Waals surface area contributed by atoms with Gasteiger partial charge in [0.05, 0.1) is 0 Å². The van der Waals surface area contributed by atoms with Crippen LogP contribution in [0, 0.1) is 0 Å². The summed E-state index contributed by atoms with van der Waals surface area (Å²) >= 11 is 1.89. The molecule has 0 saturated heterocycles. The fraction of sp³-hybridized carbons (Fsp3) is 0. The van der Waals surface area contributed by atoms with Crippen LogP contribution in [0.2, 0.25) is 0 Å². The van der Waals surface area contributed by atoms with Gasteiger partial charge in [0.15, 0.2) is 0 Å². The number of thiophene rings is 1. The summed E-state index contributed by atoms with van der Waals surface area (Å²) in [6.45, 7) is 0. The smallest absolute Gasteiger partial charge is 0.136 e. The molecule has 48 heavy (non-hydrogen) atoms. The van der Waals surface area contributed by atoms with Crippen LogP contribution in [0.5, 0.6) is 0 Å². The van der Waals surface area contributed by atoms with Crippen molar-refractivity contribution in [2.24, 2.45) is 0 Å². The SMILES string of the molecule is c1cc(-c2c3ccccc3c(-c3ccc4oc5cccc6ccc3c4c65)c3ccccc23)cc(-c2cccc3c2sc2ccccc23)c1. The molecule has 0 amide bonds. The minimum absolute atomic E-state index is 0.941. The van der Waals surface area contributed by atoms with Gasteiger partial charge in [-0.1, -0.05) is 127 Å². The second-order valence-corrected chi connectivity index (χ2v) is 13.8. The summed E-state index contributed by atoms with van der Waals surface area (Å²) in [5.41, 5.74) is 9.42. The number of hydrogen-bond donors (Lipinski definition) is 0. The van der Waals surface area contributed by atoms with Crippen molar-refractivity contribution < 1.29 is 4.42 Å². The maximum atomic E-state index is 6.35. The molecule has 0 N–H and O–H groups in total. The van der Waals surface area contributed by atoms with Crippen LogP contribution < -0.4 is 0 Å². The molecule has 2 aromatic heterocycles. The summed E-state index contributed by atoms with van der Waals surface area (Å²) in [6, 6.07) is 57.8. The van der Waals surface area contributed by atoms with Crippen LogP contribution in [0.15, 0.2) is 162 Å². The summed E-state index contributed by atoms with van der Waals surface area (Å²) < 4.78 is 9.02. The second kappa shape index (κ2) is 9.78. The Hall–Kier alpha value is -5.96. The lowest BCUT2D eigenvalue weighted by molar-refractivity contribution is 0.669. The van der Waals surface area contributed by atoms with Gasteiger partial charge >= 0.3 is 0 Å². The molecule has 2 heteroatoms. The summed E-state index contributed by atoms with van der Waals surface area (Å²) in [5, 5.41) is 12.5. The molecule has 2 heterocycles. The van der Waals surface area contributed by atoms with Crippen LogP contribution >= 0.6 is 11.3 Å². The number of benzene rings is 9. The van der Waals surface area contributed by atoms with Crippen LogP contribution in [0.25, 0.3) is 108 Å². The Balaban J connectivity index is 1.19. The van der Waals surface area contributed by atoms with E-state index >= 15 is 0 Å². The molecular weight excluding hydrogens is 601 g/mol. The molecule has 0 aliphatic carbocycles. The van der Waals surface area contributed by atoms with Gasteiger partial charge in [0, 0.05) is 30.9 Å². The van der Waals surface area contributed by atoms with Gasteiger partial charge in [0.1, 0.15) is 11.2 Å². The third-order valence-corrected chi connectivity index (χ3v) is 11.5. The molecule has 0 bridgehead atoms. The number of hydrogen-bond acceptors (Lipinski definition) is 2. The number of fused-ring (bicyclic) bond motifs is 5. The van der Waals surface area contributed by atoms with Crippen molar-refractivity contribution >= 4 is 85.8 Å². The van der Waals surface area contributed by atoms with E-state index in [4.69, 9.17) is 4.42 Å². The summed E-state index contributed by atoms with van der Waals surface area (Å²) in [4.78, 5) is 0. The van der Waals surface area contributed by atoms with Gasteiger partial charge in [-0.2, -0.15) is 0 Å². The van der Waals surface area contributed by atoms with Gasteiger partial charge in [-0.05, 0) is 96.0 Å². The fourth-order valence-electron chi connectivity index (χ4n) is 8.21. The quantitative estimate of drug-likeness (QED) is 0.140. The lowest BCUT2D eigenvalue weighted by Gasteiger charge is -2.19. The predicted molar refractivity (Wildman–Crippen MR) is 207 cm³/mol. The van der Waals surface area contributed by atoms with Crippen molar-refractivity contribution in [2.75, 3.05) is 0 Å². The standard InChI is InChI=1S/C46H26OS/c1-3-16-34-32(14-1)42(29-12-7-11-28(26-29)30-18-9-19-38-31-13-5-6-21-41(31)48-46(30)38)33-15-2-4-17-35(33)44(34)36-24-25-40-45-37(36)23-22-27-10-8-20-39(47-40)43(27)45/h1-26H. The Morgan fingerprint density at radius 3 is 1.83 bits per heavy atom. The molecule has 0 fully saturated rings. The highest BCUT2D eigenvalue weighted by atomic mass is 32.1. The van der Waals surface area contributed by atoms with Crippen LogP contribution in [0.1, 0.15) is 0 Å². The van der Waals surface area contributed by atoms with Crippen molar-refractivity contribution in [3.05, 3.63) is 158 Å². The molecular formula is C46H26OS. The van der Waals surface area contributed by atoms with Gasteiger partial charge in [-0.15, -0.1) is 11.3 Å². The van der Waals surface area contributed by atoms with Crippen LogP contribution in [-0.4, -0.2) is 0 Å². The van der Waals surface area contributed by atoms with Gasteiger partial charge in [-0.3, -0.25) is 0 Å². The summed E-state index contributed by atoms with van der Waals surface area (Å²) in [6.07, 6.45) is 0. The Morgan fingerprint density at radius 2 is 1.02 bits per heavy atom. The largest absolute Gasteiger partial charge is 0.456 e. The van der Waals surface area contributed by atoms with Gasteiger partial charge in [-0.25, -0.2) is 0 Å². The molecule has 0 spiro atoms. The molecule has 9 aromatic carbocycles. The van der Waals surface area contributed by atoms with Crippen molar-refractivity contribution in [3.8, 4) is 33.4 Å². The molecule has 0 aliphatic heterocycles. The zero-order valence-corrected chi connectivity index (χ0v) is 26.6. The minimum atomic E-state index is 0.941. The average Bonchev–Trinajstić information content (AvgIpc) is 3.72. The van der Waals surface area contributed by atoms with E-state index < -0.39 is 0 Å². The molecule has 222 valence electrons. The lowest BCUT2D eigenvalue weighted by Crippen LogP contribution is -1.92. The van der Waals surface area contributed by atoms with Gasteiger partial charge in [0.2, 0.25) is 0 Å². The zero-order chi connectivity index (χ0) is 31.3. The van der Waals surface area contributed by atoms with E-state index in [0.717, 1.165) is 11.2 Å². The second-order valence-electron chi connectivity index (χ2n) is 12.8. The van der Waals surface area contributed by atoms with E-state index in [1.165, 1.54) is 96.6 Å². The monoisotopic (exact) mass is 626 g/mol. The third-order valence-electron chi connectivity index (χ3n) is 10.2. The lowest BCUT2D eigenvalue weighted by atomic mass is 9.84. The molecule has 0 unspecified atom stereocenters. The molecule has 11 rings (SSSR count). The zero-order valence-electron chi connectivity index (χ0n) is 25.8. The van der Waals surface area contributed by atoms with Gasteiger partial charge in [0.25, 0.3) is 0 Å². The van der Waals surface area contributed by atoms with Crippen molar-refractivity contribution in [1.82, 2.24) is 0 Å². The average molecular weight is 627 g/mol. The van der Waals surface area contributed by atoms with E-state index in [0.29, 0.717) is 0 Å². The van der Waals surface area contributed by atoms with Crippen LogP contribution in [-0.2, 0) is 0 Å². The van der Waals surface area contributed by atoms with E-state index in [-0.39, 0.29) is 0 Å². The number of rotatable bonds is 3. The first-order valence-electron chi connectivity index (χ1n) is 16.4. The predicted octanol–water partition coefficient (Wildman–Crippen LogP) is 13.9. The molecule has 0 atom stereocenters. The highest BCUT2D eigenvalue weighted by molar-refractivity contribution is 7.26. The van der Waals surface area contributed by atoms with E-state index in [1.54, 1.807) is 0 Å². The van der Waals surface area contributed by atoms with Crippen LogP contribution in [0.3, 0.4) is 0 Å². The number of furan rings is 1. The first-order chi connectivity index (χ1) is 23.8. The summed E-state index contributed by atoms with van der Waals surface area (Å²) in [5.74, 6) is 0. The molecule has 11 aromatic rings. The Bertz CT molecular complexity index is 3010. The van der Waals surface area contributed by atoms with Gasteiger partial charge < -0.3 is 4.42 Å². The van der Waals surface area contributed by atoms with E-state index in [9.17, 15) is 0 Å². The van der Waals surface area contributed by atoms with Crippen LogP contribution in [0.4, 0.5) is 0 Å². The van der Waals surface area contributed by atoms with E-state index in [2.05, 4.69) is 158 Å². The molecule has 0 aliphatic rings. The Morgan fingerprint density at radius 1 is 0.375 bits per heavy atom. The third kappa shape index (κ3) is 3.55. The normalized spacial score (nSPS) is 12.2. The minimum Gasteiger partial charge on any atom is -0.456 e. The first kappa shape index (κ1) is 26.1. The molecule has 0 radical (unpaired) electrons. The highest BCUT2D eigenvalue weighted by Crippen LogP contribution is 2.48. The molecule has 1 nitrogen and oxygen atoms in total.